The van der Waals surface area contributed by atoms with Crippen LogP contribution in [0, 0.1) is 5.82 Å². The van der Waals surface area contributed by atoms with Crippen LogP contribution in [-0.2, 0) is 32.1 Å². The highest BCUT2D eigenvalue weighted by Crippen LogP contribution is 2.24. The summed E-state index contributed by atoms with van der Waals surface area (Å²) in [6.07, 6.45) is 14.5. The smallest absolute Gasteiger partial charge is 0.134 e. The van der Waals surface area contributed by atoms with E-state index in [9.17, 15) is 0 Å². The summed E-state index contributed by atoms with van der Waals surface area (Å²) in [5.41, 5.74) is 4.30. The van der Waals surface area contributed by atoms with Gasteiger partial charge in [0.2, 0.25) is 0 Å². The summed E-state index contributed by atoms with van der Waals surface area (Å²) in [4.78, 5) is 9.14. The van der Waals surface area contributed by atoms with E-state index in [1.54, 1.807) is 0 Å². The number of aryl methyl sites for hydroxylation is 5. The van der Waals surface area contributed by atoms with Gasteiger partial charge in [-0.2, -0.15) is 0 Å². The molecule has 0 aliphatic carbocycles. The Morgan fingerprint density at radius 3 is 2.17 bits per heavy atom. The first-order valence-electron chi connectivity index (χ1n) is 12.9. The van der Waals surface area contributed by atoms with Crippen LogP contribution >= 0.6 is 11.6 Å². The average Bonchev–Trinajstić information content (AvgIpc) is 2.88. The fourth-order valence-corrected chi connectivity index (χ4v) is 4.62. The first kappa shape index (κ1) is 25.3. The number of unbranched alkanes of at least 4 members (excludes halogenated alkanes) is 4. The summed E-state index contributed by atoms with van der Waals surface area (Å²) in [6.45, 7) is 2.24. The minimum absolute atomic E-state index is 0.114. The highest BCUT2D eigenvalue weighted by atomic mass is 35.5. The van der Waals surface area contributed by atoms with Gasteiger partial charge in [0.25, 0.3) is 0 Å². The van der Waals surface area contributed by atoms with Gasteiger partial charge in [0, 0.05) is 29.2 Å². The summed E-state index contributed by atoms with van der Waals surface area (Å²) in [6, 6.07) is 17.7. The lowest BCUT2D eigenvalue weighted by atomic mass is 9.98. The van der Waals surface area contributed by atoms with Crippen LogP contribution in [0.25, 0.3) is 10.8 Å². The standard InChI is InChI=1S/C31H34ClFN2/c1-2-3-4-5-6-7-25-21-34-30(35-22-25)19-12-24-11-18-29-27(20-24)15-14-26(31(29)33)13-8-23-9-16-28(32)17-10-23/h9-11,14-18,20-22H,2-8,12-13,19H2,1H3. The first-order valence-corrected chi connectivity index (χ1v) is 13.2. The Labute approximate surface area is 213 Å². The highest BCUT2D eigenvalue weighted by molar-refractivity contribution is 6.30. The molecule has 0 aliphatic rings. The number of hydrogen-bond donors (Lipinski definition) is 0. The number of hydrogen-bond acceptors (Lipinski definition) is 2. The molecule has 0 radical (unpaired) electrons. The van der Waals surface area contributed by atoms with Crippen LogP contribution in [0.2, 0.25) is 5.02 Å². The van der Waals surface area contributed by atoms with Gasteiger partial charge in [-0.3, -0.25) is 0 Å². The SMILES string of the molecule is CCCCCCCc1cnc(CCc2ccc3c(F)c(CCc4ccc(Cl)cc4)ccc3c2)nc1. The van der Waals surface area contributed by atoms with Crippen molar-refractivity contribution in [2.45, 2.75) is 71.1 Å². The molecule has 1 heterocycles. The number of nitrogens with zero attached hydrogens (tertiary/aromatic N) is 2. The molecule has 0 N–H and O–H groups in total. The van der Waals surface area contributed by atoms with Gasteiger partial charge < -0.3 is 0 Å². The van der Waals surface area contributed by atoms with E-state index in [4.69, 9.17) is 11.6 Å². The summed E-state index contributed by atoms with van der Waals surface area (Å²) in [5, 5.41) is 2.34. The van der Waals surface area contributed by atoms with Crippen molar-refractivity contribution in [1.82, 2.24) is 9.97 Å². The zero-order valence-corrected chi connectivity index (χ0v) is 21.3. The first-order chi connectivity index (χ1) is 17.1. The van der Waals surface area contributed by atoms with E-state index in [-0.39, 0.29) is 5.82 Å². The minimum atomic E-state index is -0.114. The molecule has 35 heavy (non-hydrogen) atoms. The molecule has 1 aromatic heterocycles. The van der Waals surface area contributed by atoms with E-state index in [2.05, 4.69) is 23.0 Å². The van der Waals surface area contributed by atoms with Crippen molar-refractivity contribution in [3.8, 4) is 0 Å². The normalized spacial score (nSPS) is 11.3. The third-order valence-corrected chi connectivity index (χ3v) is 6.91. The highest BCUT2D eigenvalue weighted by Gasteiger charge is 2.09. The molecular formula is C31H34ClFN2. The van der Waals surface area contributed by atoms with Crippen molar-refractivity contribution in [3.63, 3.8) is 0 Å². The van der Waals surface area contributed by atoms with Gasteiger partial charge in [0.05, 0.1) is 0 Å². The van der Waals surface area contributed by atoms with Crippen molar-refractivity contribution in [2.75, 3.05) is 0 Å². The number of halogens is 2. The van der Waals surface area contributed by atoms with Crippen LogP contribution in [-0.4, -0.2) is 9.97 Å². The van der Waals surface area contributed by atoms with Gasteiger partial charge in [-0.05, 0) is 71.9 Å². The third-order valence-electron chi connectivity index (χ3n) is 6.66. The van der Waals surface area contributed by atoms with Gasteiger partial charge in [-0.25, -0.2) is 14.4 Å². The van der Waals surface area contributed by atoms with Gasteiger partial charge in [0.15, 0.2) is 0 Å². The summed E-state index contributed by atoms with van der Waals surface area (Å²) >= 11 is 5.96. The molecule has 0 unspecified atom stereocenters. The maximum absolute atomic E-state index is 15.2. The number of benzene rings is 3. The maximum atomic E-state index is 15.2. The van der Waals surface area contributed by atoms with Gasteiger partial charge in [0.1, 0.15) is 11.6 Å². The third kappa shape index (κ3) is 7.35. The molecule has 0 aliphatic heterocycles. The molecule has 0 atom stereocenters. The monoisotopic (exact) mass is 488 g/mol. The Morgan fingerprint density at radius 1 is 0.686 bits per heavy atom. The van der Waals surface area contributed by atoms with Crippen LogP contribution in [0.15, 0.2) is 67.0 Å². The number of aromatic nitrogens is 2. The average molecular weight is 489 g/mol. The lowest BCUT2D eigenvalue weighted by Gasteiger charge is -2.09. The van der Waals surface area contributed by atoms with Crippen LogP contribution in [0.5, 0.6) is 0 Å². The van der Waals surface area contributed by atoms with Crippen LogP contribution in [0.3, 0.4) is 0 Å². The van der Waals surface area contributed by atoms with E-state index in [0.29, 0.717) is 11.8 Å². The summed E-state index contributed by atoms with van der Waals surface area (Å²) in [7, 11) is 0. The van der Waals surface area contributed by atoms with Crippen molar-refractivity contribution < 1.29 is 4.39 Å². The predicted molar refractivity (Wildman–Crippen MR) is 145 cm³/mol. The van der Waals surface area contributed by atoms with Crippen LogP contribution in [0.1, 0.15) is 67.1 Å². The number of fused-ring (bicyclic) bond motifs is 1. The molecule has 0 fully saturated rings. The second kappa shape index (κ2) is 12.8. The Kier molecular flexibility index (Phi) is 9.25. The van der Waals surface area contributed by atoms with Crippen molar-refractivity contribution >= 4 is 22.4 Å². The van der Waals surface area contributed by atoms with Gasteiger partial charge in [-0.15, -0.1) is 0 Å². The second-order valence-corrected chi connectivity index (χ2v) is 9.83. The molecule has 0 saturated heterocycles. The fourth-order valence-electron chi connectivity index (χ4n) is 4.49. The molecule has 0 amide bonds. The van der Waals surface area contributed by atoms with E-state index < -0.39 is 0 Å². The van der Waals surface area contributed by atoms with E-state index >= 15 is 4.39 Å². The molecule has 4 rings (SSSR count). The molecule has 2 nitrogen and oxygen atoms in total. The van der Waals surface area contributed by atoms with E-state index in [1.165, 1.54) is 43.2 Å². The Morgan fingerprint density at radius 2 is 1.40 bits per heavy atom. The Hall–Kier alpha value is -2.78. The number of rotatable bonds is 12. The Bertz CT molecular complexity index is 1220. The maximum Gasteiger partial charge on any atom is 0.134 e. The van der Waals surface area contributed by atoms with Gasteiger partial charge >= 0.3 is 0 Å². The topological polar surface area (TPSA) is 25.8 Å². The summed E-state index contributed by atoms with van der Waals surface area (Å²) < 4.78 is 15.2. The predicted octanol–water partition coefficient (Wildman–Crippen LogP) is 8.51. The largest absolute Gasteiger partial charge is 0.241 e. The zero-order chi connectivity index (χ0) is 24.5. The Balaban J connectivity index is 1.32. The molecule has 0 spiro atoms. The second-order valence-electron chi connectivity index (χ2n) is 9.39. The molecule has 0 bridgehead atoms. The summed E-state index contributed by atoms with van der Waals surface area (Å²) in [5.74, 6) is 0.750. The van der Waals surface area contributed by atoms with Crippen molar-refractivity contribution in [1.29, 1.82) is 0 Å². The van der Waals surface area contributed by atoms with E-state index in [1.807, 2.05) is 60.9 Å². The van der Waals surface area contributed by atoms with Crippen LogP contribution in [0.4, 0.5) is 4.39 Å². The van der Waals surface area contributed by atoms with Crippen LogP contribution < -0.4 is 0 Å². The molecule has 3 aromatic carbocycles. The quantitative estimate of drug-likeness (QED) is 0.187. The fraction of sp³-hybridized carbons (Fsp3) is 0.355. The minimum Gasteiger partial charge on any atom is -0.241 e. The molecule has 4 heteroatoms. The van der Waals surface area contributed by atoms with Gasteiger partial charge in [-0.1, -0.05) is 86.7 Å². The molecular weight excluding hydrogens is 455 g/mol. The van der Waals surface area contributed by atoms with E-state index in [0.717, 1.165) is 53.0 Å². The molecule has 182 valence electrons. The van der Waals surface area contributed by atoms with Crippen molar-refractivity contribution in [3.05, 3.63) is 106 Å². The lowest BCUT2D eigenvalue weighted by molar-refractivity contribution is 0.620. The lowest BCUT2D eigenvalue weighted by Crippen LogP contribution is -2.00. The van der Waals surface area contributed by atoms with Crippen molar-refractivity contribution in [2.24, 2.45) is 0 Å². The zero-order valence-electron chi connectivity index (χ0n) is 20.6. The molecule has 4 aromatic rings. The molecule has 0 saturated carbocycles.